The first-order chi connectivity index (χ1) is 9.63. The maximum atomic E-state index is 12.7. The molecule has 0 spiro atoms. The minimum absolute atomic E-state index is 0. The molecule has 2 N–H and O–H groups in total. The van der Waals surface area contributed by atoms with Crippen LogP contribution in [0.25, 0.3) is 0 Å². The second-order valence-electron chi connectivity index (χ2n) is 6.02. The Hall–Kier alpha value is -1.33. The van der Waals surface area contributed by atoms with Crippen LogP contribution >= 0.6 is 12.4 Å². The Balaban J connectivity index is 0.00000161. The van der Waals surface area contributed by atoms with E-state index < -0.39 is 0 Å². The number of anilines is 1. The quantitative estimate of drug-likeness (QED) is 0.870. The smallest absolute Gasteiger partial charge is 0.274 e. The molecule has 2 heterocycles. The number of aromatic nitrogens is 1. The molecule has 0 radical (unpaired) electrons. The fraction of sp³-hybridized carbons (Fsp3) is 0.600. The number of amides is 1. The average Bonchev–Trinajstić information content (AvgIpc) is 2.89. The summed E-state index contributed by atoms with van der Waals surface area (Å²) in [6.45, 7) is 1.65. The van der Waals surface area contributed by atoms with Crippen molar-refractivity contribution >= 4 is 24.0 Å². The van der Waals surface area contributed by atoms with Crippen LogP contribution in [0.2, 0.25) is 0 Å². The minimum atomic E-state index is -0.320. The molecule has 1 saturated heterocycles. The molecular formula is C15H22ClN3O2. The SMILES string of the molecule is Cl.Cn1cccc(NC(=O)[C@@]23CCCC[C@H]2CNC3)c1=O. The zero-order chi connectivity index (χ0) is 14.2. The maximum Gasteiger partial charge on any atom is 0.274 e. The topological polar surface area (TPSA) is 63.1 Å². The van der Waals surface area contributed by atoms with Gasteiger partial charge in [-0.3, -0.25) is 9.59 Å². The van der Waals surface area contributed by atoms with Crippen LogP contribution in [-0.4, -0.2) is 23.6 Å². The Morgan fingerprint density at radius 3 is 3.10 bits per heavy atom. The highest BCUT2D eigenvalue weighted by Crippen LogP contribution is 2.44. The molecule has 1 aliphatic heterocycles. The van der Waals surface area contributed by atoms with E-state index >= 15 is 0 Å². The monoisotopic (exact) mass is 311 g/mol. The molecule has 1 aromatic rings. The van der Waals surface area contributed by atoms with Gasteiger partial charge in [0.25, 0.3) is 5.56 Å². The molecular weight excluding hydrogens is 290 g/mol. The van der Waals surface area contributed by atoms with Crippen LogP contribution in [0, 0.1) is 11.3 Å². The van der Waals surface area contributed by atoms with E-state index in [0.29, 0.717) is 11.6 Å². The van der Waals surface area contributed by atoms with Crippen LogP contribution in [0.5, 0.6) is 0 Å². The second-order valence-corrected chi connectivity index (χ2v) is 6.02. The fourth-order valence-corrected chi connectivity index (χ4v) is 3.63. The maximum absolute atomic E-state index is 12.7. The first-order valence-electron chi connectivity index (χ1n) is 7.31. The number of hydrogen-bond donors (Lipinski definition) is 2. The number of aryl methyl sites for hydroxylation is 1. The summed E-state index contributed by atoms with van der Waals surface area (Å²) in [4.78, 5) is 24.7. The highest BCUT2D eigenvalue weighted by Gasteiger charge is 2.49. The molecule has 1 saturated carbocycles. The molecule has 1 aliphatic carbocycles. The summed E-state index contributed by atoms with van der Waals surface area (Å²) >= 11 is 0. The molecule has 21 heavy (non-hydrogen) atoms. The summed E-state index contributed by atoms with van der Waals surface area (Å²) in [6.07, 6.45) is 6.01. The first kappa shape index (κ1) is 16.0. The lowest BCUT2D eigenvalue weighted by molar-refractivity contribution is -0.128. The molecule has 116 valence electrons. The summed E-state index contributed by atoms with van der Waals surface area (Å²) in [5.74, 6) is 0.416. The highest BCUT2D eigenvalue weighted by molar-refractivity contribution is 5.96. The normalized spacial score (nSPS) is 27.6. The number of carbonyl (C=O) groups excluding carboxylic acids is 1. The lowest BCUT2D eigenvalue weighted by Crippen LogP contribution is -2.45. The van der Waals surface area contributed by atoms with E-state index in [1.807, 2.05) is 0 Å². The number of nitrogens with one attached hydrogen (secondary N) is 2. The third-order valence-electron chi connectivity index (χ3n) is 4.86. The van der Waals surface area contributed by atoms with Gasteiger partial charge in [0, 0.05) is 19.8 Å². The Labute approximate surface area is 130 Å². The van der Waals surface area contributed by atoms with E-state index in [-0.39, 0.29) is 29.3 Å². The van der Waals surface area contributed by atoms with Gasteiger partial charge in [0.05, 0.1) is 5.41 Å². The van der Waals surface area contributed by atoms with E-state index in [2.05, 4.69) is 10.6 Å². The summed E-state index contributed by atoms with van der Waals surface area (Å²) < 4.78 is 1.48. The van der Waals surface area contributed by atoms with Crippen molar-refractivity contribution in [2.45, 2.75) is 25.7 Å². The zero-order valence-electron chi connectivity index (χ0n) is 12.2. The van der Waals surface area contributed by atoms with Gasteiger partial charge in [0.2, 0.25) is 5.91 Å². The molecule has 2 aliphatic rings. The van der Waals surface area contributed by atoms with Gasteiger partial charge >= 0.3 is 0 Å². The Bertz CT molecular complexity index is 587. The number of hydrogen-bond acceptors (Lipinski definition) is 3. The second kappa shape index (κ2) is 6.20. The van der Waals surface area contributed by atoms with Crippen LogP contribution < -0.4 is 16.2 Å². The van der Waals surface area contributed by atoms with Crippen molar-refractivity contribution in [1.82, 2.24) is 9.88 Å². The number of halogens is 1. The molecule has 0 unspecified atom stereocenters. The van der Waals surface area contributed by atoms with Gasteiger partial charge in [-0.25, -0.2) is 0 Å². The number of fused-ring (bicyclic) bond motifs is 1. The first-order valence-corrected chi connectivity index (χ1v) is 7.31. The van der Waals surface area contributed by atoms with E-state index in [1.54, 1.807) is 25.4 Å². The summed E-state index contributed by atoms with van der Waals surface area (Å²) in [6, 6.07) is 3.46. The molecule has 1 amide bonds. The standard InChI is InChI=1S/C15H21N3O2.ClH/c1-18-8-4-6-12(13(18)19)17-14(20)15-7-3-2-5-11(15)9-16-10-15;/h4,6,8,11,16H,2-3,5,7,9-10H2,1H3,(H,17,20);1H/t11-,15+;/m0./s1. The average molecular weight is 312 g/mol. The largest absolute Gasteiger partial charge is 0.321 e. The molecule has 6 heteroatoms. The van der Waals surface area contributed by atoms with Crippen molar-refractivity contribution in [3.8, 4) is 0 Å². The van der Waals surface area contributed by atoms with Gasteiger partial charge in [0.15, 0.2) is 0 Å². The fourth-order valence-electron chi connectivity index (χ4n) is 3.63. The minimum Gasteiger partial charge on any atom is -0.321 e. The molecule has 3 rings (SSSR count). The van der Waals surface area contributed by atoms with Crippen molar-refractivity contribution in [1.29, 1.82) is 0 Å². The highest BCUT2D eigenvalue weighted by atomic mass is 35.5. The molecule has 5 nitrogen and oxygen atoms in total. The number of nitrogens with zero attached hydrogens (tertiary/aromatic N) is 1. The molecule has 2 fully saturated rings. The van der Waals surface area contributed by atoms with Gasteiger partial charge in [-0.05, 0) is 37.4 Å². The molecule has 0 aromatic carbocycles. The van der Waals surface area contributed by atoms with Crippen LogP contribution in [0.4, 0.5) is 5.69 Å². The van der Waals surface area contributed by atoms with Gasteiger partial charge in [-0.2, -0.15) is 0 Å². The van der Waals surface area contributed by atoms with Crippen molar-refractivity contribution in [3.63, 3.8) is 0 Å². The van der Waals surface area contributed by atoms with E-state index in [4.69, 9.17) is 0 Å². The van der Waals surface area contributed by atoms with Crippen molar-refractivity contribution in [2.75, 3.05) is 18.4 Å². The van der Waals surface area contributed by atoms with Crippen LogP contribution in [0.3, 0.4) is 0 Å². The summed E-state index contributed by atoms with van der Waals surface area (Å²) in [7, 11) is 1.69. The predicted molar refractivity (Wildman–Crippen MR) is 84.8 cm³/mol. The Morgan fingerprint density at radius 2 is 2.29 bits per heavy atom. The summed E-state index contributed by atoms with van der Waals surface area (Å²) in [5, 5.41) is 6.22. The van der Waals surface area contributed by atoms with Crippen molar-refractivity contribution < 1.29 is 4.79 Å². The van der Waals surface area contributed by atoms with Crippen LogP contribution in [0.15, 0.2) is 23.1 Å². The molecule has 2 atom stereocenters. The third-order valence-corrected chi connectivity index (χ3v) is 4.86. The van der Waals surface area contributed by atoms with Gasteiger partial charge < -0.3 is 15.2 Å². The Morgan fingerprint density at radius 1 is 1.48 bits per heavy atom. The Kier molecular flexibility index (Phi) is 4.74. The van der Waals surface area contributed by atoms with Gasteiger partial charge in [0.1, 0.15) is 5.69 Å². The summed E-state index contributed by atoms with van der Waals surface area (Å²) in [5.41, 5.74) is -0.0970. The molecule has 0 bridgehead atoms. The van der Waals surface area contributed by atoms with Gasteiger partial charge in [-0.15, -0.1) is 12.4 Å². The third kappa shape index (κ3) is 2.72. The van der Waals surface area contributed by atoms with E-state index in [1.165, 1.54) is 11.0 Å². The van der Waals surface area contributed by atoms with E-state index in [0.717, 1.165) is 32.4 Å². The number of pyridine rings is 1. The zero-order valence-corrected chi connectivity index (χ0v) is 13.0. The number of rotatable bonds is 2. The van der Waals surface area contributed by atoms with Crippen LogP contribution in [0.1, 0.15) is 25.7 Å². The van der Waals surface area contributed by atoms with Crippen molar-refractivity contribution in [3.05, 3.63) is 28.7 Å². The number of carbonyl (C=O) groups is 1. The lowest BCUT2D eigenvalue weighted by Gasteiger charge is -2.37. The van der Waals surface area contributed by atoms with E-state index in [9.17, 15) is 9.59 Å². The van der Waals surface area contributed by atoms with Crippen molar-refractivity contribution in [2.24, 2.45) is 18.4 Å². The molecule has 1 aromatic heterocycles. The predicted octanol–water partition coefficient (Wildman–Crippen LogP) is 1.53. The van der Waals surface area contributed by atoms with Crippen LogP contribution in [-0.2, 0) is 11.8 Å². The van der Waals surface area contributed by atoms with Gasteiger partial charge in [-0.1, -0.05) is 12.8 Å². The lowest BCUT2D eigenvalue weighted by atomic mass is 9.67.